The van der Waals surface area contributed by atoms with Gasteiger partial charge in [0.2, 0.25) is 5.43 Å². The Morgan fingerprint density at radius 1 is 0.960 bits per heavy atom. The van der Waals surface area contributed by atoms with E-state index in [-0.39, 0.29) is 11.0 Å². The lowest BCUT2D eigenvalue weighted by Gasteiger charge is -2.08. The molecule has 2 heterocycles. The third-order valence-electron chi connectivity index (χ3n) is 4.04. The number of H-pyrrole nitrogens is 1. The van der Waals surface area contributed by atoms with E-state index >= 15 is 0 Å². The Bertz CT molecular complexity index is 1110. The van der Waals surface area contributed by atoms with Gasteiger partial charge in [0.05, 0.1) is 0 Å². The van der Waals surface area contributed by atoms with Gasteiger partial charge < -0.3 is 14.9 Å². The number of benzene rings is 2. The summed E-state index contributed by atoms with van der Waals surface area (Å²) in [6, 6.07) is 18.4. The van der Waals surface area contributed by atoms with Crippen molar-refractivity contribution in [2.24, 2.45) is 0 Å². The summed E-state index contributed by atoms with van der Waals surface area (Å²) in [7, 11) is 0. The molecule has 4 rings (SSSR count). The van der Waals surface area contributed by atoms with E-state index in [4.69, 9.17) is 0 Å². The number of carbonyl (C=O) groups is 1. The van der Waals surface area contributed by atoms with E-state index in [9.17, 15) is 9.59 Å². The number of aromatic nitrogens is 2. The molecule has 0 saturated carbocycles. The van der Waals surface area contributed by atoms with Crippen LogP contribution in [0.4, 0.5) is 5.69 Å². The van der Waals surface area contributed by atoms with Crippen LogP contribution >= 0.6 is 0 Å². The fourth-order valence-corrected chi connectivity index (χ4v) is 2.79. The fourth-order valence-electron chi connectivity index (χ4n) is 2.79. The molecule has 5 nitrogen and oxygen atoms in total. The molecule has 0 atom stereocenters. The zero-order valence-corrected chi connectivity index (χ0v) is 13.3. The summed E-state index contributed by atoms with van der Waals surface area (Å²) in [5.74, 6) is -0.434. The Labute approximate surface area is 143 Å². The lowest BCUT2D eigenvalue weighted by Crippen LogP contribution is -2.21. The van der Waals surface area contributed by atoms with E-state index in [0.29, 0.717) is 16.6 Å². The molecule has 2 N–H and O–H groups in total. The van der Waals surface area contributed by atoms with Crippen molar-refractivity contribution in [3.05, 3.63) is 95.0 Å². The Balaban J connectivity index is 1.66. The first-order valence-electron chi connectivity index (χ1n) is 7.87. The van der Waals surface area contributed by atoms with Gasteiger partial charge >= 0.3 is 0 Å². The van der Waals surface area contributed by atoms with Crippen LogP contribution in [-0.2, 0) is 0 Å². The van der Waals surface area contributed by atoms with Crippen LogP contribution in [0.3, 0.4) is 0 Å². The molecule has 0 unspecified atom stereocenters. The van der Waals surface area contributed by atoms with Gasteiger partial charge in [-0.1, -0.05) is 18.2 Å². The lowest BCUT2D eigenvalue weighted by molar-refractivity contribution is 0.102. The first kappa shape index (κ1) is 15.0. The molecular weight excluding hydrogens is 314 g/mol. The lowest BCUT2D eigenvalue weighted by atomic mass is 10.1. The maximum absolute atomic E-state index is 12.5. The summed E-state index contributed by atoms with van der Waals surface area (Å²) in [4.78, 5) is 28.1. The summed E-state index contributed by atoms with van der Waals surface area (Å²) < 4.78 is 1.94. The van der Waals surface area contributed by atoms with Crippen LogP contribution in [0.5, 0.6) is 0 Å². The minimum absolute atomic E-state index is 0.0880. The number of pyridine rings is 1. The van der Waals surface area contributed by atoms with Gasteiger partial charge in [0, 0.05) is 40.9 Å². The van der Waals surface area contributed by atoms with E-state index in [1.165, 1.54) is 6.20 Å². The third-order valence-corrected chi connectivity index (χ3v) is 4.04. The average Bonchev–Trinajstić information content (AvgIpc) is 3.17. The molecule has 25 heavy (non-hydrogen) atoms. The predicted octanol–water partition coefficient (Wildman–Crippen LogP) is 3.57. The molecule has 4 aromatic rings. The van der Waals surface area contributed by atoms with Crippen LogP contribution in [0.15, 0.2) is 84.0 Å². The van der Waals surface area contributed by atoms with Gasteiger partial charge in [-0.25, -0.2) is 0 Å². The van der Waals surface area contributed by atoms with Gasteiger partial charge in [0.25, 0.3) is 5.91 Å². The molecule has 0 bridgehead atoms. The number of carbonyl (C=O) groups excluding carboxylic acids is 1. The largest absolute Gasteiger partial charge is 0.360 e. The van der Waals surface area contributed by atoms with Crippen molar-refractivity contribution in [3.8, 4) is 5.69 Å². The number of amides is 1. The number of hydrogen-bond donors (Lipinski definition) is 2. The van der Waals surface area contributed by atoms with Gasteiger partial charge in [-0.2, -0.15) is 0 Å². The highest BCUT2D eigenvalue weighted by molar-refractivity contribution is 6.05. The molecule has 5 heteroatoms. The van der Waals surface area contributed by atoms with Gasteiger partial charge in [-0.3, -0.25) is 9.59 Å². The Morgan fingerprint density at radius 3 is 2.60 bits per heavy atom. The molecule has 0 saturated heterocycles. The SMILES string of the molecule is O=C(Nc1cccc(-n2cccc2)c1)c1c[nH]c2ccccc2c1=O. The number of hydrogen-bond acceptors (Lipinski definition) is 2. The summed E-state index contributed by atoms with van der Waals surface area (Å²) >= 11 is 0. The van der Waals surface area contributed by atoms with Crippen molar-refractivity contribution in [1.29, 1.82) is 0 Å². The first-order valence-corrected chi connectivity index (χ1v) is 7.87. The zero-order valence-electron chi connectivity index (χ0n) is 13.3. The quantitative estimate of drug-likeness (QED) is 0.603. The van der Waals surface area contributed by atoms with Crippen LogP contribution in [0.1, 0.15) is 10.4 Å². The number of anilines is 1. The monoisotopic (exact) mass is 329 g/mol. The van der Waals surface area contributed by atoms with Crippen LogP contribution in [0.2, 0.25) is 0 Å². The minimum Gasteiger partial charge on any atom is -0.360 e. The normalized spacial score (nSPS) is 10.7. The van der Waals surface area contributed by atoms with Crippen molar-refractivity contribution in [2.45, 2.75) is 0 Å². The van der Waals surface area contributed by atoms with Gasteiger partial charge in [0.15, 0.2) is 0 Å². The Hall–Kier alpha value is -3.60. The molecule has 0 fully saturated rings. The average molecular weight is 329 g/mol. The molecule has 0 spiro atoms. The Morgan fingerprint density at radius 2 is 1.76 bits per heavy atom. The number of para-hydroxylation sites is 1. The molecular formula is C20H15N3O2. The number of fused-ring (bicyclic) bond motifs is 1. The number of nitrogens with one attached hydrogen (secondary N) is 2. The first-order chi connectivity index (χ1) is 12.2. The van der Waals surface area contributed by atoms with E-state index in [0.717, 1.165) is 5.69 Å². The second-order valence-electron chi connectivity index (χ2n) is 5.67. The van der Waals surface area contributed by atoms with Crippen molar-refractivity contribution >= 4 is 22.5 Å². The van der Waals surface area contributed by atoms with Gasteiger partial charge in [0.1, 0.15) is 5.56 Å². The van der Waals surface area contributed by atoms with E-state index in [1.807, 2.05) is 53.4 Å². The topological polar surface area (TPSA) is 66.9 Å². The number of aromatic amines is 1. The highest BCUT2D eigenvalue weighted by atomic mass is 16.2. The molecule has 1 amide bonds. The van der Waals surface area contributed by atoms with Crippen molar-refractivity contribution in [1.82, 2.24) is 9.55 Å². The van der Waals surface area contributed by atoms with Crippen LogP contribution < -0.4 is 10.7 Å². The number of nitrogens with zero attached hydrogens (tertiary/aromatic N) is 1. The highest BCUT2D eigenvalue weighted by Crippen LogP contribution is 2.16. The molecule has 0 aliphatic rings. The van der Waals surface area contributed by atoms with Gasteiger partial charge in [-0.15, -0.1) is 0 Å². The highest BCUT2D eigenvalue weighted by Gasteiger charge is 2.13. The zero-order chi connectivity index (χ0) is 17.2. The Kier molecular flexibility index (Phi) is 3.67. The van der Waals surface area contributed by atoms with E-state index in [1.54, 1.807) is 24.3 Å². The summed E-state index contributed by atoms with van der Waals surface area (Å²) in [6.07, 6.45) is 5.31. The maximum atomic E-state index is 12.5. The van der Waals surface area contributed by atoms with Crippen LogP contribution in [-0.4, -0.2) is 15.5 Å². The van der Waals surface area contributed by atoms with E-state index < -0.39 is 5.91 Å². The summed E-state index contributed by atoms with van der Waals surface area (Å²) in [5, 5.41) is 3.29. The third kappa shape index (κ3) is 2.83. The second kappa shape index (κ2) is 6.13. The standard InChI is InChI=1S/C20H15N3O2/c24-19-16-8-1-2-9-18(16)21-13-17(19)20(25)22-14-6-5-7-15(12-14)23-10-3-4-11-23/h1-13H,(H,21,24)(H,22,25). The maximum Gasteiger partial charge on any atom is 0.261 e. The van der Waals surface area contributed by atoms with Crippen LogP contribution in [0.25, 0.3) is 16.6 Å². The molecule has 2 aromatic carbocycles. The van der Waals surface area contributed by atoms with Crippen LogP contribution in [0, 0.1) is 0 Å². The van der Waals surface area contributed by atoms with Crippen molar-refractivity contribution in [3.63, 3.8) is 0 Å². The molecule has 122 valence electrons. The summed E-state index contributed by atoms with van der Waals surface area (Å²) in [6.45, 7) is 0. The molecule has 2 aromatic heterocycles. The molecule has 0 aliphatic carbocycles. The summed E-state index contributed by atoms with van der Waals surface area (Å²) in [5.41, 5.74) is 2.07. The second-order valence-corrected chi connectivity index (χ2v) is 5.67. The number of rotatable bonds is 3. The smallest absolute Gasteiger partial charge is 0.261 e. The van der Waals surface area contributed by atoms with Gasteiger partial charge in [-0.05, 0) is 42.5 Å². The minimum atomic E-state index is -0.434. The van der Waals surface area contributed by atoms with Crippen molar-refractivity contribution in [2.75, 3.05) is 5.32 Å². The predicted molar refractivity (Wildman–Crippen MR) is 98.3 cm³/mol. The van der Waals surface area contributed by atoms with E-state index in [2.05, 4.69) is 10.3 Å². The molecule has 0 radical (unpaired) electrons. The fraction of sp³-hybridized carbons (Fsp3) is 0. The molecule has 0 aliphatic heterocycles. The van der Waals surface area contributed by atoms with Crippen molar-refractivity contribution < 1.29 is 4.79 Å².